The number of amides is 1. The van der Waals surface area contributed by atoms with Crippen molar-refractivity contribution in [3.63, 3.8) is 0 Å². The van der Waals surface area contributed by atoms with Crippen LogP contribution in [-0.2, 0) is 0 Å². The van der Waals surface area contributed by atoms with Gasteiger partial charge in [-0.1, -0.05) is 13.8 Å². The highest BCUT2D eigenvalue weighted by Crippen LogP contribution is 2.20. The SMILES string of the molecule is CC(C)c1nc2ccc(NC(=O)c3ccncc3)cc2[nH]1. The van der Waals surface area contributed by atoms with E-state index in [-0.39, 0.29) is 5.91 Å². The van der Waals surface area contributed by atoms with E-state index in [0.717, 1.165) is 22.5 Å². The van der Waals surface area contributed by atoms with Crippen LogP contribution in [0.2, 0.25) is 0 Å². The van der Waals surface area contributed by atoms with E-state index in [1.807, 2.05) is 18.2 Å². The van der Waals surface area contributed by atoms with Crippen molar-refractivity contribution in [3.05, 3.63) is 54.1 Å². The Morgan fingerprint density at radius 3 is 2.67 bits per heavy atom. The molecule has 0 radical (unpaired) electrons. The summed E-state index contributed by atoms with van der Waals surface area (Å²) in [5.74, 6) is 1.13. The predicted octanol–water partition coefficient (Wildman–Crippen LogP) is 3.33. The van der Waals surface area contributed by atoms with Crippen LogP contribution in [0.1, 0.15) is 35.9 Å². The minimum absolute atomic E-state index is 0.152. The van der Waals surface area contributed by atoms with E-state index in [1.54, 1.807) is 24.5 Å². The summed E-state index contributed by atoms with van der Waals surface area (Å²) in [6, 6.07) is 9.02. The van der Waals surface area contributed by atoms with Gasteiger partial charge in [-0.3, -0.25) is 9.78 Å². The molecule has 0 fully saturated rings. The van der Waals surface area contributed by atoms with Gasteiger partial charge in [0.25, 0.3) is 5.91 Å². The summed E-state index contributed by atoms with van der Waals surface area (Å²) in [5, 5.41) is 2.87. The second-order valence-electron chi connectivity index (χ2n) is 5.20. The minimum Gasteiger partial charge on any atom is -0.342 e. The Labute approximate surface area is 122 Å². The fourth-order valence-electron chi connectivity index (χ4n) is 2.09. The number of H-pyrrole nitrogens is 1. The molecule has 0 aliphatic rings. The van der Waals surface area contributed by atoms with Gasteiger partial charge >= 0.3 is 0 Å². The highest BCUT2D eigenvalue weighted by molar-refractivity contribution is 6.04. The number of carbonyl (C=O) groups excluding carboxylic acids is 1. The third-order valence-electron chi connectivity index (χ3n) is 3.25. The van der Waals surface area contributed by atoms with E-state index < -0.39 is 0 Å². The van der Waals surface area contributed by atoms with Crippen LogP contribution in [0.4, 0.5) is 5.69 Å². The van der Waals surface area contributed by atoms with Crippen molar-refractivity contribution in [3.8, 4) is 0 Å². The second kappa shape index (κ2) is 5.36. The van der Waals surface area contributed by atoms with Crippen molar-refractivity contribution in [2.45, 2.75) is 19.8 Å². The Balaban J connectivity index is 1.86. The third kappa shape index (κ3) is 2.76. The summed E-state index contributed by atoms with van der Waals surface area (Å²) < 4.78 is 0. The lowest BCUT2D eigenvalue weighted by Gasteiger charge is -2.04. The number of fused-ring (bicyclic) bond motifs is 1. The van der Waals surface area contributed by atoms with E-state index in [0.29, 0.717) is 11.5 Å². The van der Waals surface area contributed by atoms with Gasteiger partial charge < -0.3 is 10.3 Å². The van der Waals surface area contributed by atoms with Crippen LogP contribution in [0.15, 0.2) is 42.7 Å². The van der Waals surface area contributed by atoms with Crippen LogP contribution in [0.25, 0.3) is 11.0 Å². The standard InChI is InChI=1S/C16H16N4O/c1-10(2)15-19-13-4-3-12(9-14(13)20-15)18-16(21)11-5-7-17-8-6-11/h3-10H,1-2H3,(H,18,21)(H,19,20). The molecule has 0 bridgehead atoms. The molecule has 106 valence electrons. The maximum Gasteiger partial charge on any atom is 0.255 e. The lowest BCUT2D eigenvalue weighted by molar-refractivity contribution is 0.102. The zero-order valence-corrected chi connectivity index (χ0v) is 11.9. The second-order valence-corrected chi connectivity index (χ2v) is 5.20. The number of pyridine rings is 1. The molecule has 1 amide bonds. The highest BCUT2D eigenvalue weighted by Gasteiger charge is 2.09. The molecule has 0 unspecified atom stereocenters. The van der Waals surface area contributed by atoms with Gasteiger partial charge in [-0.05, 0) is 30.3 Å². The fourth-order valence-corrected chi connectivity index (χ4v) is 2.09. The van der Waals surface area contributed by atoms with Crippen LogP contribution in [0, 0.1) is 0 Å². The zero-order valence-electron chi connectivity index (χ0n) is 11.9. The smallest absolute Gasteiger partial charge is 0.255 e. The molecule has 0 atom stereocenters. The molecule has 1 aromatic carbocycles. The Morgan fingerprint density at radius 2 is 1.95 bits per heavy atom. The van der Waals surface area contributed by atoms with E-state index in [2.05, 4.69) is 34.1 Å². The Hall–Kier alpha value is -2.69. The van der Waals surface area contributed by atoms with Crippen molar-refractivity contribution in [2.75, 3.05) is 5.32 Å². The molecule has 0 aliphatic heterocycles. The highest BCUT2D eigenvalue weighted by atomic mass is 16.1. The molecule has 21 heavy (non-hydrogen) atoms. The Morgan fingerprint density at radius 1 is 1.19 bits per heavy atom. The summed E-state index contributed by atoms with van der Waals surface area (Å²) in [6.07, 6.45) is 3.20. The summed E-state index contributed by atoms with van der Waals surface area (Å²) >= 11 is 0. The van der Waals surface area contributed by atoms with E-state index in [9.17, 15) is 4.79 Å². The average Bonchev–Trinajstić information content (AvgIpc) is 2.91. The van der Waals surface area contributed by atoms with Gasteiger partial charge in [-0.25, -0.2) is 4.98 Å². The zero-order chi connectivity index (χ0) is 14.8. The maximum atomic E-state index is 12.1. The summed E-state index contributed by atoms with van der Waals surface area (Å²) in [7, 11) is 0. The first kappa shape index (κ1) is 13.3. The van der Waals surface area contributed by atoms with Crippen molar-refractivity contribution >= 4 is 22.6 Å². The number of carbonyl (C=O) groups is 1. The van der Waals surface area contributed by atoms with Crippen LogP contribution in [0.3, 0.4) is 0 Å². The molecule has 5 heteroatoms. The van der Waals surface area contributed by atoms with Crippen LogP contribution in [-0.4, -0.2) is 20.9 Å². The number of rotatable bonds is 3. The summed E-state index contributed by atoms with van der Waals surface area (Å²) in [6.45, 7) is 4.17. The molecule has 0 aliphatic carbocycles. The van der Waals surface area contributed by atoms with Gasteiger partial charge in [-0.2, -0.15) is 0 Å². The minimum atomic E-state index is -0.152. The first-order chi connectivity index (χ1) is 10.1. The first-order valence-electron chi connectivity index (χ1n) is 6.84. The number of imidazole rings is 1. The lowest BCUT2D eigenvalue weighted by Crippen LogP contribution is -2.11. The number of nitrogens with one attached hydrogen (secondary N) is 2. The van der Waals surface area contributed by atoms with Gasteiger partial charge in [-0.15, -0.1) is 0 Å². The van der Waals surface area contributed by atoms with Crippen LogP contribution >= 0.6 is 0 Å². The van der Waals surface area contributed by atoms with Gasteiger partial charge in [0.05, 0.1) is 11.0 Å². The van der Waals surface area contributed by atoms with Crippen LogP contribution < -0.4 is 5.32 Å². The Bertz CT molecular complexity index is 777. The third-order valence-corrected chi connectivity index (χ3v) is 3.25. The molecule has 3 aromatic rings. The Kier molecular flexibility index (Phi) is 3.39. The molecule has 0 spiro atoms. The number of aromatic amines is 1. The summed E-state index contributed by atoms with van der Waals surface area (Å²) in [4.78, 5) is 23.8. The molecule has 2 aromatic heterocycles. The largest absolute Gasteiger partial charge is 0.342 e. The maximum absolute atomic E-state index is 12.1. The van der Waals surface area contributed by atoms with Crippen molar-refractivity contribution in [1.82, 2.24) is 15.0 Å². The average molecular weight is 280 g/mol. The van der Waals surface area contributed by atoms with Crippen LogP contribution in [0.5, 0.6) is 0 Å². The van der Waals surface area contributed by atoms with Crippen molar-refractivity contribution < 1.29 is 4.79 Å². The number of hydrogen-bond acceptors (Lipinski definition) is 3. The van der Waals surface area contributed by atoms with Gasteiger partial charge in [0.15, 0.2) is 0 Å². The predicted molar refractivity (Wildman–Crippen MR) is 82.4 cm³/mol. The van der Waals surface area contributed by atoms with Crippen molar-refractivity contribution in [1.29, 1.82) is 0 Å². The first-order valence-corrected chi connectivity index (χ1v) is 6.84. The summed E-state index contributed by atoms with van der Waals surface area (Å²) in [5.41, 5.74) is 3.15. The van der Waals surface area contributed by atoms with Crippen molar-refractivity contribution in [2.24, 2.45) is 0 Å². The molecule has 3 rings (SSSR count). The number of nitrogens with zero attached hydrogens (tertiary/aromatic N) is 2. The molecule has 0 saturated heterocycles. The van der Waals surface area contributed by atoms with Gasteiger partial charge in [0.1, 0.15) is 5.82 Å². The molecular formula is C16H16N4O. The van der Waals surface area contributed by atoms with E-state index in [1.165, 1.54) is 0 Å². The molecule has 0 saturated carbocycles. The van der Waals surface area contributed by atoms with E-state index >= 15 is 0 Å². The number of benzene rings is 1. The number of hydrogen-bond donors (Lipinski definition) is 2. The molecule has 2 heterocycles. The normalized spacial score (nSPS) is 11.0. The topological polar surface area (TPSA) is 70.7 Å². The fraction of sp³-hybridized carbons (Fsp3) is 0.188. The van der Waals surface area contributed by atoms with Gasteiger partial charge in [0.2, 0.25) is 0 Å². The van der Waals surface area contributed by atoms with E-state index in [4.69, 9.17) is 0 Å². The monoisotopic (exact) mass is 280 g/mol. The molecule has 2 N–H and O–H groups in total. The number of aromatic nitrogens is 3. The molecule has 5 nitrogen and oxygen atoms in total. The van der Waals surface area contributed by atoms with Gasteiger partial charge in [0, 0.05) is 29.6 Å². The lowest BCUT2D eigenvalue weighted by atomic mass is 10.2. The number of anilines is 1. The molecular weight excluding hydrogens is 264 g/mol. The quantitative estimate of drug-likeness (QED) is 0.773.